The van der Waals surface area contributed by atoms with Crippen molar-refractivity contribution < 1.29 is 45.0 Å². The molecule has 0 amide bonds. The minimum absolute atomic E-state index is 0.215. The molecule has 1 heterocycles. The van der Waals surface area contributed by atoms with Gasteiger partial charge in [-0.15, -0.1) is 0 Å². The van der Waals surface area contributed by atoms with Crippen molar-refractivity contribution in [3.63, 3.8) is 0 Å². The number of benzene rings is 1. The van der Waals surface area contributed by atoms with Crippen molar-refractivity contribution in [3.8, 4) is 5.75 Å². The molecule has 0 aromatic heterocycles. The third-order valence-electron chi connectivity index (χ3n) is 2.95. The van der Waals surface area contributed by atoms with E-state index in [1.165, 1.54) is 4.90 Å². The molecule has 12 heteroatoms. The van der Waals surface area contributed by atoms with Gasteiger partial charge in [0.15, 0.2) is 0 Å². The summed E-state index contributed by atoms with van der Waals surface area (Å²) < 4.78 is 98.3. The lowest BCUT2D eigenvalue weighted by Gasteiger charge is -2.19. The maximum Gasteiger partial charge on any atom is 0.420 e. The van der Waals surface area contributed by atoms with Crippen LogP contribution in [0, 0.1) is 0 Å². The van der Waals surface area contributed by atoms with E-state index in [1.807, 2.05) is 0 Å². The predicted molar refractivity (Wildman–Crippen MR) is 68.6 cm³/mol. The Morgan fingerprint density at radius 1 is 1.17 bits per heavy atom. The highest BCUT2D eigenvalue weighted by Gasteiger charge is 2.45. The minimum atomic E-state index is -5.35. The van der Waals surface area contributed by atoms with Gasteiger partial charge in [-0.25, -0.2) is 4.90 Å². The van der Waals surface area contributed by atoms with E-state index in [0.29, 0.717) is 6.07 Å². The summed E-state index contributed by atoms with van der Waals surface area (Å²) in [5.41, 5.74) is -3.97. The van der Waals surface area contributed by atoms with Crippen LogP contribution >= 0.6 is 8.03 Å². The molecule has 5 nitrogen and oxygen atoms in total. The van der Waals surface area contributed by atoms with Gasteiger partial charge in [-0.3, -0.25) is 9.36 Å². The van der Waals surface area contributed by atoms with Crippen LogP contribution < -0.4 is 4.52 Å². The molecule has 1 fully saturated rings. The van der Waals surface area contributed by atoms with Gasteiger partial charge >= 0.3 is 18.3 Å². The molecule has 1 aliphatic rings. The third kappa shape index (κ3) is 4.41. The number of rotatable bonds is 4. The largest absolute Gasteiger partial charge is 0.449 e. The average molecular weight is 377 g/mol. The number of halogens is 6. The average Bonchev–Trinajstić information content (AvgIpc) is 2.81. The monoisotopic (exact) mass is 377 g/mol. The number of carbonyl (C=O) groups excluding carboxylic acids is 1. The number of hydrogen-bond acceptors (Lipinski definition) is 5. The first-order valence-electron chi connectivity index (χ1n) is 6.34. The molecule has 0 spiro atoms. The highest BCUT2D eigenvalue weighted by molar-refractivity contribution is 7.39. The Labute approximate surface area is 132 Å². The Hall–Kier alpha value is -1.74. The maximum absolute atomic E-state index is 13.0. The van der Waals surface area contributed by atoms with E-state index in [-0.39, 0.29) is 19.3 Å². The molecular formula is C12H10F6NO4P. The molecule has 134 valence electrons. The standard InChI is InChI=1S/C12H10F6NO4P/c13-11(14,15)7-2-1-3-8(10(7)12(16,17)18)23-24(21)6-19-4-9(20)22-5-19/h1-3,24H,4-6H2. The molecule has 1 atom stereocenters. The third-order valence-corrected chi connectivity index (χ3v) is 4.11. The fourth-order valence-corrected chi connectivity index (χ4v) is 3.07. The van der Waals surface area contributed by atoms with E-state index in [2.05, 4.69) is 9.26 Å². The SMILES string of the molecule is O=C1CN(C[PH](=O)Oc2cccc(C(F)(F)F)c2C(F)(F)F)CO1. The van der Waals surface area contributed by atoms with Crippen LogP contribution in [0.4, 0.5) is 26.3 Å². The first kappa shape index (κ1) is 18.6. The summed E-state index contributed by atoms with van der Waals surface area (Å²) in [6.07, 6.45) is -11.0. The molecule has 1 saturated heterocycles. The minimum Gasteiger partial charge on any atom is -0.449 e. The molecule has 24 heavy (non-hydrogen) atoms. The van der Waals surface area contributed by atoms with E-state index in [1.54, 1.807) is 0 Å². The topological polar surface area (TPSA) is 55.8 Å². The van der Waals surface area contributed by atoms with Gasteiger partial charge in [-0.05, 0) is 12.1 Å². The Kier molecular flexibility index (Phi) is 5.14. The highest BCUT2D eigenvalue weighted by atomic mass is 31.1. The van der Waals surface area contributed by atoms with Crippen LogP contribution in [0.1, 0.15) is 11.1 Å². The van der Waals surface area contributed by atoms with Crippen LogP contribution in [0.2, 0.25) is 0 Å². The molecular weight excluding hydrogens is 367 g/mol. The number of carbonyl (C=O) groups is 1. The van der Waals surface area contributed by atoms with E-state index in [0.717, 1.165) is 6.07 Å². The molecule has 0 bridgehead atoms. The van der Waals surface area contributed by atoms with Crippen LogP contribution in [0.5, 0.6) is 5.75 Å². The Morgan fingerprint density at radius 3 is 2.33 bits per heavy atom. The van der Waals surface area contributed by atoms with Crippen molar-refractivity contribution in [2.24, 2.45) is 0 Å². The Morgan fingerprint density at radius 2 is 1.83 bits per heavy atom. The van der Waals surface area contributed by atoms with E-state index in [9.17, 15) is 35.7 Å². The summed E-state index contributed by atoms with van der Waals surface area (Å²) in [6, 6.07) is 1.65. The first-order chi connectivity index (χ1) is 11.0. The molecule has 0 saturated carbocycles. The normalized spacial score (nSPS) is 17.7. The molecule has 1 aromatic carbocycles. The lowest BCUT2D eigenvalue weighted by Crippen LogP contribution is -2.21. The summed E-state index contributed by atoms with van der Waals surface area (Å²) >= 11 is 0. The van der Waals surface area contributed by atoms with Crippen LogP contribution in [0.15, 0.2) is 18.2 Å². The van der Waals surface area contributed by atoms with Gasteiger partial charge in [0, 0.05) is 0 Å². The number of ether oxygens (including phenoxy) is 1. The number of hydrogen-bond donors (Lipinski definition) is 0. The quantitative estimate of drug-likeness (QED) is 0.458. The van der Waals surface area contributed by atoms with Gasteiger partial charge in [0.2, 0.25) is 8.03 Å². The van der Waals surface area contributed by atoms with E-state index in [4.69, 9.17) is 0 Å². The molecule has 1 aromatic rings. The van der Waals surface area contributed by atoms with Crippen LogP contribution in [-0.4, -0.2) is 30.4 Å². The molecule has 2 rings (SSSR count). The fraction of sp³-hybridized carbons (Fsp3) is 0.417. The van der Waals surface area contributed by atoms with Gasteiger partial charge in [0.25, 0.3) is 0 Å². The Balaban J connectivity index is 2.26. The molecule has 0 N–H and O–H groups in total. The van der Waals surface area contributed by atoms with Gasteiger partial charge in [0.1, 0.15) is 24.6 Å². The summed E-state index contributed by atoms with van der Waals surface area (Å²) in [5, 5.41) is 0. The summed E-state index contributed by atoms with van der Waals surface area (Å²) in [4.78, 5) is 12.1. The molecule has 1 aliphatic heterocycles. The van der Waals surface area contributed by atoms with Gasteiger partial charge in [-0.1, -0.05) is 6.07 Å². The van der Waals surface area contributed by atoms with E-state index < -0.39 is 49.5 Å². The van der Waals surface area contributed by atoms with Crippen LogP contribution in [-0.2, 0) is 26.4 Å². The number of cyclic esters (lactones) is 1. The number of esters is 1. The number of nitrogens with zero attached hydrogens (tertiary/aromatic N) is 1. The van der Waals surface area contributed by atoms with Crippen molar-refractivity contribution in [2.45, 2.75) is 12.4 Å². The Bertz CT molecular complexity index is 660. The lowest BCUT2D eigenvalue weighted by atomic mass is 10.1. The van der Waals surface area contributed by atoms with Crippen molar-refractivity contribution in [1.82, 2.24) is 4.90 Å². The van der Waals surface area contributed by atoms with Crippen molar-refractivity contribution in [3.05, 3.63) is 29.3 Å². The van der Waals surface area contributed by atoms with Gasteiger partial charge in [-0.2, -0.15) is 26.3 Å². The number of alkyl halides is 6. The molecule has 0 radical (unpaired) electrons. The van der Waals surface area contributed by atoms with Crippen LogP contribution in [0.25, 0.3) is 0 Å². The second-order valence-corrected chi connectivity index (χ2v) is 6.05. The molecule has 1 unspecified atom stereocenters. The highest BCUT2D eigenvalue weighted by Crippen LogP contribution is 2.46. The fourth-order valence-electron chi connectivity index (χ4n) is 2.02. The van der Waals surface area contributed by atoms with Gasteiger partial charge < -0.3 is 9.26 Å². The predicted octanol–water partition coefficient (Wildman–Crippen LogP) is 3.35. The van der Waals surface area contributed by atoms with Gasteiger partial charge in [0.05, 0.1) is 11.8 Å². The van der Waals surface area contributed by atoms with Crippen molar-refractivity contribution >= 4 is 14.0 Å². The zero-order valence-corrected chi connectivity index (χ0v) is 12.7. The lowest BCUT2D eigenvalue weighted by molar-refractivity contribution is -0.162. The van der Waals surface area contributed by atoms with Crippen molar-refractivity contribution in [2.75, 3.05) is 19.6 Å². The first-order valence-corrected chi connectivity index (χ1v) is 7.87. The smallest absolute Gasteiger partial charge is 0.420 e. The molecule has 0 aliphatic carbocycles. The zero-order chi connectivity index (χ0) is 18.1. The zero-order valence-electron chi connectivity index (χ0n) is 11.7. The van der Waals surface area contributed by atoms with Crippen molar-refractivity contribution in [1.29, 1.82) is 0 Å². The summed E-state index contributed by atoms with van der Waals surface area (Å²) in [6.45, 7) is -0.443. The second-order valence-electron chi connectivity index (χ2n) is 4.78. The summed E-state index contributed by atoms with van der Waals surface area (Å²) in [7, 11) is -3.21. The maximum atomic E-state index is 13.0. The van der Waals surface area contributed by atoms with Crippen LogP contribution in [0.3, 0.4) is 0 Å². The van der Waals surface area contributed by atoms with E-state index >= 15 is 0 Å². The second kappa shape index (κ2) is 6.64. The summed E-state index contributed by atoms with van der Waals surface area (Å²) in [5.74, 6) is -1.78.